The Morgan fingerprint density at radius 2 is 1.68 bits per heavy atom. The first kappa shape index (κ1) is 13.7. The van der Waals surface area contributed by atoms with E-state index in [9.17, 15) is 0 Å². The molecule has 0 radical (unpaired) electrons. The normalized spacial score (nSPS) is 19.3. The van der Waals surface area contributed by atoms with Crippen molar-refractivity contribution in [1.82, 2.24) is 9.80 Å². The van der Waals surface area contributed by atoms with Crippen LogP contribution in [0.3, 0.4) is 0 Å². The Morgan fingerprint density at radius 3 is 2.55 bits per heavy atom. The summed E-state index contributed by atoms with van der Waals surface area (Å²) in [5.74, 6) is 0. The number of fused-ring (bicyclic) bond motifs is 1. The molecule has 1 saturated carbocycles. The van der Waals surface area contributed by atoms with E-state index >= 15 is 0 Å². The van der Waals surface area contributed by atoms with Crippen LogP contribution in [0, 0.1) is 0 Å². The van der Waals surface area contributed by atoms with Crippen molar-refractivity contribution in [3.8, 4) is 0 Å². The molecule has 2 aliphatic rings. The summed E-state index contributed by atoms with van der Waals surface area (Å²) in [5.41, 5.74) is 1.40. The predicted octanol–water partition coefficient (Wildman–Crippen LogP) is 4.72. The van der Waals surface area contributed by atoms with Gasteiger partial charge >= 0.3 is 0 Å². The monoisotopic (exact) mass is 292 g/mol. The van der Waals surface area contributed by atoms with E-state index < -0.39 is 0 Å². The van der Waals surface area contributed by atoms with Crippen LogP contribution in [-0.4, -0.2) is 22.5 Å². The lowest BCUT2D eigenvalue weighted by Crippen LogP contribution is -2.35. The fourth-order valence-electron chi connectivity index (χ4n) is 3.81. The second-order valence-electron chi connectivity index (χ2n) is 6.67. The number of benzene rings is 2. The molecule has 2 aromatic rings. The van der Waals surface area contributed by atoms with Crippen molar-refractivity contribution in [1.29, 1.82) is 0 Å². The van der Waals surface area contributed by atoms with Crippen molar-refractivity contribution in [2.45, 2.75) is 44.7 Å². The van der Waals surface area contributed by atoms with E-state index in [0.717, 1.165) is 19.3 Å². The van der Waals surface area contributed by atoms with Gasteiger partial charge < -0.3 is 9.80 Å². The van der Waals surface area contributed by atoms with Crippen molar-refractivity contribution in [2.24, 2.45) is 0 Å². The molecule has 0 saturated heterocycles. The second kappa shape index (κ2) is 6.04. The van der Waals surface area contributed by atoms with E-state index in [2.05, 4.69) is 64.7 Å². The van der Waals surface area contributed by atoms with Gasteiger partial charge in [-0.2, -0.15) is 0 Å². The van der Waals surface area contributed by atoms with E-state index in [4.69, 9.17) is 0 Å². The van der Waals surface area contributed by atoms with E-state index in [1.54, 1.807) is 0 Å². The fourth-order valence-corrected chi connectivity index (χ4v) is 3.81. The van der Waals surface area contributed by atoms with Gasteiger partial charge in [-0.05, 0) is 35.2 Å². The molecule has 2 heteroatoms. The SMILES string of the molecule is C1=CN(C2CCCCC2)CN1Cc1ccc2ccccc2c1. The van der Waals surface area contributed by atoms with Gasteiger partial charge in [0.1, 0.15) is 0 Å². The molecule has 0 N–H and O–H groups in total. The lowest BCUT2D eigenvalue weighted by atomic mass is 9.95. The summed E-state index contributed by atoms with van der Waals surface area (Å²) in [6.45, 7) is 2.06. The molecule has 114 valence electrons. The zero-order chi connectivity index (χ0) is 14.8. The van der Waals surface area contributed by atoms with Crippen LogP contribution in [0.4, 0.5) is 0 Å². The highest BCUT2D eigenvalue weighted by atomic mass is 15.3. The van der Waals surface area contributed by atoms with Crippen LogP contribution >= 0.6 is 0 Å². The molecule has 2 aromatic carbocycles. The minimum atomic E-state index is 0.770. The number of hydrogen-bond acceptors (Lipinski definition) is 2. The van der Waals surface area contributed by atoms with Gasteiger partial charge in [-0.25, -0.2) is 0 Å². The average Bonchev–Trinajstić information content (AvgIpc) is 3.04. The Bertz CT molecular complexity index is 670. The molecule has 0 bridgehead atoms. The topological polar surface area (TPSA) is 6.48 Å². The average molecular weight is 292 g/mol. The number of rotatable bonds is 3. The highest BCUT2D eigenvalue weighted by Crippen LogP contribution is 2.26. The van der Waals surface area contributed by atoms with E-state index in [0.29, 0.717) is 0 Å². The third kappa shape index (κ3) is 2.83. The van der Waals surface area contributed by atoms with E-state index in [1.165, 1.54) is 48.4 Å². The molecular weight excluding hydrogens is 268 g/mol. The Kier molecular flexibility index (Phi) is 3.75. The van der Waals surface area contributed by atoms with Crippen LogP contribution in [-0.2, 0) is 6.54 Å². The summed E-state index contributed by atoms with van der Waals surface area (Å²) in [6, 6.07) is 16.2. The Balaban J connectivity index is 1.42. The second-order valence-corrected chi connectivity index (χ2v) is 6.67. The third-order valence-electron chi connectivity index (χ3n) is 5.06. The van der Waals surface area contributed by atoms with Crippen molar-refractivity contribution in [3.05, 3.63) is 60.4 Å². The maximum Gasteiger partial charge on any atom is 0.0900 e. The van der Waals surface area contributed by atoms with Crippen molar-refractivity contribution >= 4 is 10.8 Å². The zero-order valence-corrected chi connectivity index (χ0v) is 13.1. The predicted molar refractivity (Wildman–Crippen MR) is 92.2 cm³/mol. The molecule has 0 spiro atoms. The summed E-state index contributed by atoms with van der Waals surface area (Å²) in [4.78, 5) is 4.97. The molecule has 1 aliphatic heterocycles. The molecular formula is C20H24N2. The minimum Gasteiger partial charge on any atom is -0.356 e. The third-order valence-corrected chi connectivity index (χ3v) is 5.06. The van der Waals surface area contributed by atoms with Gasteiger partial charge in [-0.15, -0.1) is 0 Å². The van der Waals surface area contributed by atoms with Gasteiger partial charge in [-0.1, -0.05) is 55.7 Å². The number of nitrogens with zero attached hydrogens (tertiary/aromatic N) is 2. The highest BCUT2D eigenvalue weighted by molar-refractivity contribution is 5.82. The quantitative estimate of drug-likeness (QED) is 0.807. The zero-order valence-electron chi connectivity index (χ0n) is 13.1. The first-order valence-corrected chi connectivity index (χ1v) is 8.54. The number of hydrogen-bond donors (Lipinski definition) is 0. The summed E-state index contributed by atoms with van der Waals surface area (Å²) in [6.07, 6.45) is 11.5. The van der Waals surface area contributed by atoms with E-state index in [1.807, 2.05) is 0 Å². The smallest absolute Gasteiger partial charge is 0.0900 e. The van der Waals surface area contributed by atoms with Crippen LogP contribution in [0.25, 0.3) is 10.8 Å². The fraction of sp³-hybridized carbons (Fsp3) is 0.400. The summed E-state index contributed by atoms with van der Waals surface area (Å²) < 4.78 is 0. The Labute approximate surface area is 133 Å². The largest absolute Gasteiger partial charge is 0.356 e. The van der Waals surface area contributed by atoms with Gasteiger partial charge in [0.15, 0.2) is 0 Å². The van der Waals surface area contributed by atoms with Crippen LogP contribution in [0.5, 0.6) is 0 Å². The van der Waals surface area contributed by atoms with Crippen LogP contribution in [0.15, 0.2) is 54.9 Å². The summed E-state index contributed by atoms with van der Waals surface area (Å²) >= 11 is 0. The van der Waals surface area contributed by atoms with Gasteiger partial charge in [0, 0.05) is 25.0 Å². The maximum atomic E-state index is 2.54. The summed E-state index contributed by atoms with van der Waals surface area (Å²) in [5, 5.41) is 2.67. The molecule has 4 rings (SSSR count). The standard InChI is InChI=1S/C20H24N2/c1-2-8-20(9-3-1)22-13-12-21(16-22)15-17-10-11-18-6-4-5-7-19(18)14-17/h4-7,10-14,20H,1-3,8-9,15-16H2. The van der Waals surface area contributed by atoms with Crippen LogP contribution in [0.1, 0.15) is 37.7 Å². The summed E-state index contributed by atoms with van der Waals surface area (Å²) in [7, 11) is 0. The minimum absolute atomic E-state index is 0.770. The molecule has 22 heavy (non-hydrogen) atoms. The molecule has 0 aromatic heterocycles. The van der Waals surface area contributed by atoms with E-state index in [-0.39, 0.29) is 0 Å². The lowest BCUT2D eigenvalue weighted by molar-refractivity contribution is 0.173. The first-order valence-electron chi connectivity index (χ1n) is 8.54. The Morgan fingerprint density at radius 1 is 0.864 bits per heavy atom. The maximum absolute atomic E-state index is 2.54. The van der Waals surface area contributed by atoms with Crippen LogP contribution < -0.4 is 0 Å². The molecule has 1 fully saturated rings. The molecule has 0 unspecified atom stereocenters. The van der Waals surface area contributed by atoms with Crippen LogP contribution in [0.2, 0.25) is 0 Å². The molecule has 0 atom stereocenters. The molecule has 1 heterocycles. The molecule has 1 aliphatic carbocycles. The van der Waals surface area contributed by atoms with Crippen molar-refractivity contribution < 1.29 is 0 Å². The highest BCUT2D eigenvalue weighted by Gasteiger charge is 2.22. The van der Waals surface area contributed by atoms with Gasteiger partial charge in [0.2, 0.25) is 0 Å². The van der Waals surface area contributed by atoms with Gasteiger partial charge in [0.05, 0.1) is 6.67 Å². The van der Waals surface area contributed by atoms with Crippen molar-refractivity contribution in [2.75, 3.05) is 6.67 Å². The Hall–Kier alpha value is -1.96. The molecule has 0 amide bonds. The van der Waals surface area contributed by atoms with Crippen molar-refractivity contribution in [3.63, 3.8) is 0 Å². The first-order chi connectivity index (χ1) is 10.9. The molecule has 2 nitrogen and oxygen atoms in total. The van der Waals surface area contributed by atoms with Gasteiger partial charge in [-0.3, -0.25) is 0 Å². The lowest BCUT2D eigenvalue weighted by Gasteiger charge is -2.32. The van der Waals surface area contributed by atoms with Gasteiger partial charge in [0.25, 0.3) is 0 Å².